The number of nitrogens with one attached hydrogen (secondary N) is 1. The van der Waals surface area contributed by atoms with Gasteiger partial charge in [0.2, 0.25) is 0 Å². The Morgan fingerprint density at radius 1 is 1.60 bits per heavy atom. The molecule has 0 radical (unpaired) electrons. The summed E-state index contributed by atoms with van der Waals surface area (Å²) < 4.78 is 0. The second kappa shape index (κ2) is 6.29. The maximum atomic E-state index is 4.94. The highest BCUT2D eigenvalue weighted by Crippen LogP contribution is 1.98. The molecule has 0 unspecified atom stereocenters. The number of hydrogen-bond acceptors (Lipinski definition) is 2. The van der Waals surface area contributed by atoms with Crippen molar-refractivity contribution >= 4 is 6.34 Å². The van der Waals surface area contributed by atoms with Crippen LogP contribution in [0.15, 0.2) is 17.3 Å². The molecule has 0 aliphatic carbocycles. The molecule has 0 heterocycles. The number of hydrogen-bond donors (Lipinski definition) is 2. The summed E-state index contributed by atoms with van der Waals surface area (Å²) in [5, 5.41) is 0. The summed E-state index contributed by atoms with van der Waals surface area (Å²) >= 11 is 0. The van der Waals surface area contributed by atoms with Crippen molar-refractivity contribution in [3.63, 3.8) is 0 Å². The molecule has 0 fully saturated rings. The van der Waals surface area contributed by atoms with Crippen molar-refractivity contribution in [3.05, 3.63) is 12.3 Å². The van der Waals surface area contributed by atoms with Gasteiger partial charge in [-0.25, -0.2) is 10.8 Å². The molecule has 3 N–H and O–H groups in total. The third-order valence-corrected chi connectivity index (χ3v) is 0.948. The van der Waals surface area contributed by atoms with Gasteiger partial charge < -0.3 is 5.43 Å². The van der Waals surface area contributed by atoms with E-state index < -0.39 is 0 Å². The minimum atomic E-state index is 0.692. The van der Waals surface area contributed by atoms with E-state index in [9.17, 15) is 0 Å². The van der Waals surface area contributed by atoms with Crippen LogP contribution in [0, 0.1) is 5.92 Å². The van der Waals surface area contributed by atoms with Gasteiger partial charge in [0.05, 0.1) is 0 Å². The second-order valence-electron chi connectivity index (χ2n) is 2.46. The Labute approximate surface area is 62.0 Å². The van der Waals surface area contributed by atoms with Crippen molar-refractivity contribution in [1.29, 1.82) is 0 Å². The lowest BCUT2D eigenvalue weighted by atomic mass is 10.1. The Bertz CT molecular complexity index is 116. The SMILES string of the molecule is CC(C)C/C=C\N=CNN. The average molecular weight is 141 g/mol. The Morgan fingerprint density at radius 2 is 2.30 bits per heavy atom. The van der Waals surface area contributed by atoms with Crippen LogP contribution in [0.5, 0.6) is 0 Å². The number of rotatable bonds is 4. The smallest absolute Gasteiger partial charge is 0.102 e. The van der Waals surface area contributed by atoms with Crippen LogP contribution in [0.4, 0.5) is 0 Å². The van der Waals surface area contributed by atoms with Crippen molar-refractivity contribution in [3.8, 4) is 0 Å². The van der Waals surface area contributed by atoms with Gasteiger partial charge in [-0.2, -0.15) is 0 Å². The maximum Gasteiger partial charge on any atom is 0.102 e. The fourth-order valence-electron chi connectivity index (χ4n) is 0.480. The second-order valence-corrected chi connectivity index (χ2v) is 2.46. The van der Waals surface area contributed by atoms with Crippen molar-refractivity contribution in [1.82, 2.24) is 5.43 Å². The summed E-state index contributed by atoms with van der Waals surface area (Å²) in [6.45, 7) is 4.32. The Hall–Kier alpha value is -0.830. The number of aliphatic imine (C=N–C) groups is 1. The van der Waals surface area contributed by atoms with Crippen molar-refractivity contribution < 1.29 is 0 Å². The molecule has 0 aromatic rings. The minimum absolute atomic E-state index is 0.692. The van der Waals surface area contributed by atoms with Gasteiger partial charge in [-0.05, 0) is 12.3 Å². The molecule has 0 aliphatic rings. The maximum absolute atomic E-state index is 4.94. The lowest BCUT2D eigenvalue weighted by Gasteiger charge is -1.94. The zero-order chi connectivity index (χ0) is 7.82. The first-order valence-corrected chi connectivity index (χ1v) is 3.40. The van der Waals surface area contributed by atoms with Crippen molar-refractivity contribution in [2.24, 2.45) is 16.8 Å². The fourth-order valence-corrected chi connectivity index (χ4v) is 0.480. The molecule has 0 rings (SSSR count). The molecular weight excluding hydrogens is 126 g/mol. The Morgan fingerprint density at radius 3 is 2.80 bits per heavy atom. The normalized spacial score (nSPS) is 12.0. The van der Waals surface area contributed by atoms with E-state index in [2.05, 4.69) is 24.3 Å². The van der Waals surface area contributed by atoms with Gasteiger partial charge >= 0.3 is 0 Å². The molecule has 0 aromatic heterocycles. The van der Waals surface area contributed by atoms with Crippen LogP contribution < -0.4 is 11.3 Å². The van der Waals surface area contributed by atoms with Gasteiger partial charge in [-0.15, -0.1) is 0 Å². The van der Waals surface area contributed by atoms with Crippen LogP contribution in [-0.4, -0.2) is 6.34 Å². The predicted octanol–water partition coefficient (Wildman–Crippen LogP) is 1.04. The van der Waals surface area contributed by atoms with E-state index in [1.54, 1.807) is 6.20 Å². The zero-order valence-electron chi connectivity index (χ0n) is 6.54. The first-order chi connectivity index (χ1) is 4.77. The van der Waals surface area contributed by atoms with Crippen LogP contribution in [0.3, 0.4) is 0 Å². The van der Waals surface area contributed by atoms with Gasteiger partial charge in [0.15, 0.2) is 0 Å². The third-order valence-electron chi connectivity index (χ3n) is 0.948. The molecule has 0 bridgehead atoms. The first kappa shape index (κ1) is 9.17. The molecule has 0 aliphatic heterocycles. The zero-order valence-corrected chi connectivity index (χ0v) is 6.54. The molecular formula is C7H15N3. The van der Waals surface area contributed by atoms with E-state index in [0.717, 1.165) is 6.42 Å². The van der Waals surface area contributed by atoms with Gasteiger partial charge in [-0.1, -0.05) is 19.9 Å². The molecule has 3 heteroatoms. The van der Waals surface area contributed by atoms with Gasteiger partial charge in [0.1, 0.15) is 6.34 Å². The lowest BCUT2D eigenvalue weighted by molar-refractivity contribution is 0.663. The van der Waals surface area contributed by atoms with Crippen LogP contribution in [-0.2, 0) is 0 Å². The van der Waals surface area contributed by atoms with E-state index in [-0.39, 0.29) is 0 Å². The van der Waals surface area contributed by atoms with E-state index in [1.165, 1.54) is 6.34 Å². The number of allylic oxidation sites excluding steroid dienone is 1. The standard InChI is InChI=1S/C7H15N3/c1-7(2)4-3-5-9-6-10-8/h3,5-7H,4,8H2,1-2H3,(H,9,10)/b5-3-. The summed E-state index contributed by atoms with van der Waals surface area (Å²) in [6, 6.07) is 0. The monoisotopic (exact) mass is 141 g/mol. The van der Waals surface area contributed by atoms with Crippen LogP contribution >= 0.6 is 0 Å². The predicted molar refractivity (Wildman–Crippen MR) is 44.4 cm³/mol. The quantitative estimate of drug-likeness (QED) is 0.266. The summed E-state index contributed by atoms with van der Waals surface area (Å²) in [5.74, 6) is 5.63. The molecule has 3 nitrogen and oxygen atoms in total. The number of nitrogens with zero attached hydrogens (tertiary/aromatic N) is 1. The van der Waals surface area contributed by atoms with Crippen molar-refractivity contribution in [2.75, 3.05) is 0 Å². The van der Waals surface area contributed by atoms with Crippen LogP contribution in [0.25, 0.3) is 0 Å². The highest BCUT2D eigenvalue weighted by Gasteiger charge is 1.84. The first-order valence-electron chi connectivity index (χ1n) is 3.40. The fraction of sp³-hybridized carbons (Fsp3) is 0.571. The molecule has 0 saturated carbocycles. The van der Waals surface area contributed by atoms with E-state index in [4.69, 9.17) is 5.84 Å². The molecule has 0 saturated heterocycles. The van der Waals surface area contributed by atoms with Crippen molar-refractivity contribution in [2.45, 2.75) is 20.3 Å². The van der Waals surface area contributed by atoms with E-state index in [1.807, 2.05) is 6.08 Å². The molecule has 0 spiro atoms. The summed E-state index contributed by atoms with van der Waals surface area (Å²) in [5.41, 5.74) is 2.31. The number of hydrazine groups is 1. The Balaban J connectivity index is 3.28. The topological polar surface area (TPSA) is 50.4 Å². The van der Waals surface area contributed by atoms with E-state index in [0.29, 0.717) is 5.92 Å². The minimum Gasteiger partial charge on any atom is -0.315 e. The molecule has 0 atom stereocenters. The largest absolute Gasteiger partial charge is 0.315 e. The van der Waals surface area contributed by atoms with Gasteiger partial charge in [0.25, 0.3) is 0 Å². The third kappa shape index (κ3) is 7.17. The average Bonchev–Trinajstić information content (AvgIpc) is 1.87. The molecule has 58 valence electrons. The highest BCUT2D eigenvalue weighted by atomic mass is 15.2. The van der Waals surface area contributed by atoms with Crippen LogP contribution in [0.1, 0.15) is 20.3 Å². The summed E-state index contributed by atoms with van der Waals surface area (Å²) in [4.78, 5) is 3.82. The molecule has 0 amide bonds. The van der Waals surface area contributed by atoms with E-state index >= 15 is 0 Å². The van der Waals surface area contributed by atoms with Gasteiger partial charge in [-0.3, -0.25) is 0 Å². The molecule has 0 aromatic carbocycles. The highest BCUT2D eigenvalue weighted by molar-refractivity contribution is 5.53. The summed E-state index contributed by atoms with van der Waals surface area (Å²) in [6.07, 6.45) is 6.25. The van der Waals surface area contributed by atoms with Gasteiger partial charge in [0, 0.05) is 6.20 Å². The number of nitrogens with two attached hydrogens (primary N) is 1. The summed E-state index contributed by atoms with van der Waals surface area (Å²) in [7, 11) is 0. The van der Waals surface area contributed by atoms with Crippen LogP contribution in [0.2, 0.25) is 0 Å². The lowest BCUT2D eigenvalue weighted by Crippen LogP contribution is -2.18. The Kier molecular flexibility index (Phi) is 5.77. The molecule has 10 heavy (non-hydrogen) atoms.